The molecule has 19 aromatic carbocycles. The molecule has 9 heteroatoms. The van der Waals surface area contributed by atoms with E-state index in [0.717, 1.165) is 150 Å². The van der Waals surface area contributed by atoms with Gasteiger partial charge in [0.1, 0.15) is 27.9 Å². The summed E-state index contributed by atoms with van der Waals surface area (Å²) in [6, 6.07) is 142. The topological polar surface area (TPSA) is 52.4 Å². The maximum Gasteiger partial charge on any atom is 0.159 e. The SMILES string of the molecule is C[Si](C)(C)c1ccc(N(c2ccccc2)c2ccc(-c3ccc4c(c3)c3ccccc3c3c5ccc(N(c6ccccc6)c6cccc7c6oc6ccccc67)cc5oc43)cc2)cc1.Cc1cc(C)c(N(c2ccccc2)c2ccc3c(c2)oc2c4ccc(-c5ccc(N(c6ccccc6)c6ccc([Si](C)(C)C)cc6)cc5)cc4c4ccccc4c32)c(C)c1. The smallest absolute Gasteiger partial charge is 0.159 e. The highest BCUT2D eigenvalue weighted by atomic mass is 28.3. The summed E-state index contributed by atoms with van der Waals surface area (Å²) in [6.07, 6.45) is 0. The van der Waals surface area contributed by atoms with Crippen LogP contribution in [0.15, 0.2) is 408 Å². The van der Waals surface area contributed by atoms with E-state index in [1.54, 1.807) is 0 Å². The predicted molar refractivity (Wildman–Crippen MR) is 535 cm³/mol. The van der Waals surface area contributed by atoms with Crippen molar-refractivity contribution in [2.24, 2.45) is 0 Å². The summed E-state index contributed by atoms with van der Waals surface area (Å²) in [5, 5.41) is 19.0. The molecular formula is C115H92N4O3Si2. The molecule has 0 saturated heterocycles. The Morgan fingerprint density at radius 1 is 0.202 bits per heavy atom. The molecule has 0 aliphatic carbocycles. The minimum absolute atomic E-state index is 0.834. The van der Waals surface area contributed by atoms with Crippen LogP contribution in [0.3, 0.4) is 0 Å². The van der Waals surface area contributed by atoms with Gasteiger partial charge in [0.15, 0.2) is 5.58 Å². The van der Waals surface area contributed by atoms with Crippen molar-refractivity contribution in [3.8, 4) is 22.3 Å². The van der Waals surface area contributed by atoms with Gasteiger partial charge in [-0.3, -0.25) is 0 Å². The third-order valence-corrected chi connectivity index (χ3v) is 28.9. The summed E-state index contributed by atoms with van der Waals surface area (Å²) in [7, 11) is -2.84. The van der Waals surface area contributed by atoms with Crippen LogP contribution in [0.1, 0.15) is 16.7 Å². The highest BCUT2D eigenvalue weighted by Crippen LogP contribution is 2.50. The molecule has 0 aliphatic rings. The summed E-state index contributed by atoms with van der Waals surface area (Å²) in [5.74, 6) is 0. The van der Waals surface area contributed by atoms with Crippen molar-refractivity contribution < 1.29 is 13.3 Å². The van der Waals surface area contributed by atoms with Gasteiger partial charge >= 0.3 is 0 Å². The Kier molecular flexibility index (Phi) is 19.2. The van der Waals surface area contributed by atoms with Crippen molar-refractivity contribution >= 4 is 204 Å². The van der Waals surface area contributed by atoms with Gasteiger partial charge in [-0.15, -0.1) is 0 Å². The van der Waals surface area contributed by atoms with Gasteiger partial charge < -0.3 is 32.9 Å². The average molecular weight is 1630 g/mol. The zero-order valence-corrected chi connectivity index (χ0v) is 73.0. The largest absolute Gasteiger partial charge is 0.455 e. The van der Waals surface area contributed by atoms with Gasteiger partial charge in [-0.1, -0.05) is 280 Å². The number of anilines is 12. The third kappa shape index (κ3) is 13.8. The molecule has 0 amide bonds. The normalized spacial score (nSPS) is 11.9. The summed E-state index contributed by atoms with van der Waals surface area (Å²) in [6.45, 7) is 21.0. The van der Waals surface area contributed by atoms with Crippen molar-refractivity contribution in [2.75, 3.05) is 19.6 Å². The van der Waals surface area contributed by atoms with Gasteiger partial charge in [0.2, 0.25) is 0 Å². The van der Waals surface area contributed by atoms with Gasteiger partial charge in [-0.25, -0.2) is 0 Å². The van der Waals surface area contributed by atoms with E-state index in [1.165, 1.54) is 76.2 Å². The Morgan fingerprint density at radius 2 is 0.516 bits per heavy atom. The van der Waals surface area contributed by atoms with Crippen LogP contribution in [0.2, 0.25) is 39.3 Å². The zero-order valence-electron chi connectivity index (χ0n) is 71.0. The highest BCUT2D eigenvalue weighted by molar-refractivity contribution is 6.89. The van der Waals surface area contributed by atoms with Crippen LogP contribution in [0, 0.1) is 20.8 Å². The van der Waals surface area contributed by atoms with E-state index in [9.17, 15) is 0 Å². The second-order valence-corrected chi connectivity index (χ2v) is 45.1. The molecule has 22 aromatic rings. The minimum Gasteiger partial charge on any atom is -0.455 e. The lowest BCUT2D eigenvalue weighted by molar-refractivity contribution is 0.668. The maximum atomic E-state index is 7.02. The molecule has 0 unspecified atom stereocenters. The van der Waals surface area contributed by atoms with Crippen LogP contribution >= 0.6 is 0 Å². The van der Waals surface area contributed by atoms with E-state index in [1.807, 2.05) is 12.1 Å². The lowest BCUT2D eigenvalue weighted by Crippen LogP contribution is -2.37. The molecule has 0 atom stereocenters. The number of benzene rings is 19. The summed E-state index contributed by atoms with van der Waals surface area (Å²) < 4.78 is 20.6. The van der Waals surface area contributed by atoms with Crippen molar-refractivity contribution in [1.29, 1.82) is 0 Å². The quantitative estimate of drug-likeness (QED) is 0.0706. The lowest BCUT2D eigenvalue weighted by Gasteiger charge is -2.29. The average Bonchev–Trinajstić information content (AvgIpc) is 1.55. The monoisotopic (exact) mass is 1630 g/mol. The molecule has 7 nitrogen and oxygen atoms in total. The van der Waals surface area contributed by atoms with Crippen LogP contribution in [0.5, 0.6) is 0 Å². The Bertz CT molecular complexity index is 7810. The van der Waals surface area contributed by atoms with E-state index in [0.29, 0.717) is 0 Å². The first-order valence-electron chi connectivity index (χ1n) is 42.9. The third-order valence-electron chi connectivity index (χ3n) is 24.8. The van der Waals surface area contributed by atoms with Crippen LogP contribution in [-0.4, -0.2) is 16.1 Å². The molecule has 0 fully saturated rings. The zero-order chi connectivity index (χ0) is 84.1. The maximum absolute atomic E-state index is 7.02. The molecule has 0 N–H and O–H groups in total. The Morgan fingerprint density at radius 3 is 0.944 bits per heavy atom. The van der Waals surface area contributed by atoms with E-state index in [4.69, 9.17) is 13.3 Å². The number of furan rings is 3. The summed E-state index contributed by atoms with van der Waals surface area (Å²) in [5.41, 5.74) is 26.8. The molecule has 22 rings (SSSR count). The van der Waals surface area contributed by atoms with Gasteiger partial charge in [0.25, 0.3) is 0 Å². The number of nitrogens with zero attached hydrogens (tertiary/aromatic N) is 4. The molecule has 3 heterocycles. The standard InChI is InChI=1S/C59H44N2O2Si.C56H48N2OSi/c1-64(2,3)46-33-30-44(31-34-46)60(41-15-6-4-7-16-41)43-28-25-39(26-29-43)40-27-35-51-53(37-40)47-19-10-11-21-49(47)57-52-36-32-45(38-56(52)63-59(51)57)61(42-17-8-5-9-18-42)54-23-14-22-50-48-20-12-13-24-55(48)62-58(50)54;1-37-33-38(2)55(39(3)34-37)58(43-17-11-8-12-18-43)46-28-32-51-53(36-46)59-56-50-31-23-41(35-52(50)48-19-13-14-20-49(48)54(51)56)40-21-24-44(25-22-40)57(42-15-9-7-10-16-42)45-26-29-47(30-27-45)60(4,5)6/h4-38H,1-3H3;7-36H,1-6H3. The summed E-state index contributed by atoms with van der Waals surface area (Å²) >= 11 is 0. The first kappa shape index (κ1) is 76.6. The lowest BCUT2D eigenvalue weighted by atomic mass is 9.94. The second kappa shape index (κ2) is 31.1. The van der Waals surface area contributed by atoms with E-state index in [-0.39, 0.29) is 0 Å². The van der Waals surface area contributed by atoms with Gasteiger partial charge in [0, 0.05) is 106 Å². The molecule has 3 aromatic heterocycles. The fraction of sp³-hybridized carbons (Fsp3) is 0.0783. The number of fused-ring (bicyclic) bond motifs is 19. The molecule has 598 valence electrons. The number of aryl methyl sites for hydroxylation is 3. The first-order valence-corrected chi connectivity index (χ1v) is 49.9. The number of para-hydroxylation sites is 6. The number of hydrogen-bond donors (Lipinski definition) is 0. The molecule has 0 bridgehead atoms. The van der Waals surface area contributed by atoms with Crippen molar-refractivity contribution in [1.82, 2.24) is 0 Å². The van der Waals surface area contributed by atoms with Crippen LogP contribution < -0.4 is 30.0 Å². The van der Waals surface area contributed by atoms with E-state index >= 15 is 0 Å². The molecule has 0 aliphatic heterocycles. The van der Waals surface area contributed by atoms with Gasteiger partial charge in [-0.05, 0) is 244 Å². The minimum atomic E-state index is -1.43. The molecule has 0 spiro atoms. The van der Waals surface area contributed by atoms with E-state index in [2.05, 4.69) is 462 Å². The van der Waals surface area contributed by atoms with Crippen LogP contribution in [0.25, 0.3) is 131 Å². The number of rotatable bonds is 16. The van der Waals surface area contributed by atoms with Crippen LogP contribution in [-0.2, 0) is 0 Å². The molecule has 0 radical (unpaired) electrons. The molecular weight excluding hydrogens is 1540 g/mol. The molecule has 124 heavy (non-hydrogen) atoms. The van der Waals surface area contributed by atoms with Gasteiger partial charge in [-0.2, -0.15) is 0 Å². The number of hydrogen-bond acceptors (Lipinski definition) is 7. The Hall–Kier alpha value is -14.7. The van der Waals surface area contributed by atoms with E-state index < -0.39 is 16.1 Å². The van der Waals surface area contributed by atoms with Crippen molar-refractivity contribution in [3.05, 3.63) is 411 Å². The highest BCUT2D eigenvalue weighted by Gasteiger charge is 2.27. The van der Waals surface area contributed by atoms with Crippen LogP contribution in [0.4, 0.5) is 68.2 Å². The first-order chi connectivity index (χ1) is 60.5. The molecule has 0 saturated carbocycles. The second-order valence-electron chi connectivity index (χ2n) is 35.0. The summed E-state index contributed by atoms with van der Waals surface area (Å²) in [4.78, 5) is 9.33. The Labute approximate surface area is 724 Å². The Balaban J connectivity index is 0.000000152. The van der Waals surface area contributed by atoms with Gasteiger partial charge in [0.05, 0.1) is 33.2 Å². The predicted octanol–water partition coefficient (Wildman–Crippen LogP) is 32.9. The fourth-order valence-corrected chi connectivity index (χ4v) is 21.2. The van der Waals surface area contributed by atoms with Crippen molar-refractivity contribution in [2.45, 2.75) is 60.1 Å². The van der Waals surface area contributed by atoms with Crippen molar-refractivity contribution in [3.63, 3.8) is 0 Å². The fourth-order valence-electron chi connectivity index (χ4n) is 18.8.